The molecule has 134 valence electrons. The number of methoxy groups -OCH3 is 1. The van der Waals surface area contributed by atoms with Gasteiger partial charge in [0.2, 0.25) is 12.0 Å². The zero-order valence-electron chi connectivity index (χ0n) is 13.9. The van der Waals surface area contributed by atoms with Crippen molar-refractivity contribution in [3.05, 3.63) is 71.1 Å². The third-order valence-corrected chi connectivity index (χ3v) is 3.82. The van der Waals surface area contributed by atoms with Gasteiger partial charge in [-0.3, -0.25) is 0 Å². The van der Waals surface area contributed by atoms with Gasteiger partial charge in [0.1, 0.15) is 17.7 Å². The number of carboxylic acid groups (broad SMARTS) is 1. The number of halogens is 1. The number of ether oxygens (including phenoxy) is 2. The molecule has 7 heteroatoms. The number of benzene rings is 2. The molecule has 3 aromatic rings. The summed E-state index contributed by atoms with van der Waals surface area (Å²) in [4.78, 5) is 16.0. The lowest BCUT2D eigenvalue weighted by molar-refractivity contribution is -0.145. The van der Waals surface area contributed by atoms with Crippen LogP contribution in [0.2, 0.25) is 5.02 Å². The Bertz CT molecular complexity index is 894. The summed E-state index contributed by atoms with van der Waals surface area (Å²) in [7, 11) is 1.56. The van der Waals surface area contributed by atoms with E-state index in [-0.39, 0.29) is 5.89 Å². The summed E-state index contributed by atoms with van der Waals surface area (Å²) < 4.78 is 16.3. The van der Waals surface area contributed by atoms with Crippen molar-refractivity contribution in [3.63, 3.8) is 0 Å². The lowest BCUT2D eigenvalue weighted by Gasteiger charge is -2.17. The highest BCUT2D eigenvalue weighted by atomic mass is 35.5. The highest BCUT2D eigenvalue weighted by Gasteiger charge is 2.24. The molecule has 1 unspecified atom stereocenters. The van der Waals surface area contributed by atoms with E-state index in [4.69, 9.17) is 25.5 Å². The summed E-state index contributed by atoms with van der Waals surface area (Å²) in [5, 5.41) is 10.0. The van der Waals surface area contributed by atoms with Gasteiger partial charge < -0.3 is 19.0 Å². The van der Waals surface area contributed by atoms with Gasteiger partial charge in [0, 0.05) is 17.7 Å². The first kappa shape index (κ1) is 18.0. The van der Waals surface area contributed by atoms with Gasteiger partial charge in [-0.2, -0.15) is 0 Å². The standard InChI is InChI=1S/C19H16ClNO5/c1-24-10-14-11-25-18(21-14)15-9-13(20)7-8-16(15)26-17(19(22)23)12-5-3-2-4-6-12/h2-9,11,17H,10H2,1H3,(H,22,23). The summed E-state index contributed by atoms with van der Waals surface area (Å²) in [6.07, 6.45) is 0.291. The quantitative estimate of drug-likeness (QED) is 0.663. The fraction of sp³-hybridized carbons (Fsp3) is 0.158. The maximum absolute atomic E-state index is 11.7. The molecule has 3 rings (SSSR count). The van der Waals surface area contributed by atoms with E-state index in [0.717, 1.165) is 0 Å². The Kier molecular flexibility index (Phi) is 5.55. The SMILES string of the molecule is COCc1coc(-c2cc(Cl)ccc2OC(C(=O)O)c2ccccc2)n1. The normalized spacial score (nSPS) is 11.9. The van der Waals surface area contributed by atoms with Crippen LogP contribution in [-0.4, -0.2) is 23.2 Å². The van der Waals surface area contributed by atoms with E-state index in [9.17, 15) is 9.90 Å². The molecule has 1 aromatic heterocycles. The molecule has 1 N–H and O–H groups in total. The van der Waals surface area contributed by atoms with E-state index in [1.165, 1.54) is 6.26 Å². The molecular formula is C19H16ClNO5. The zero-order valence-corrected chi connectivity index (χ0v) is 14.6. The molecule has 0 bridgehead atoms. The van der Waals surface area contributed by atoms with Gasteiger partial charge >= 0.3 is 5.97 Å². The molecule has 0 amide bonds. The summed E-state index contributed by atoms with van der Waals surface area (Å²) in [6, 6.07) is 13.5. The van der Waals surface area contributed by atoms with Gasteiger partial charge in [-0.1, -0.05) is 41.9 Å². The van der Waals surface area contributed by atoms with E-state index < -0.39 is 12.1 Å². The molecular weight excluding hydrogens is 358 g/mol. The first-order chi connectivity index (χ1) is 12.6. The monoisotopic (exact) mass is 373 g/mol. The second-order valence-electron chi connectivity index (χ2n) is 5.46. The van der Waals surface area contributed by atoms with Crippen LogP contribution in [0, 0.1) is 0 Å². The minimum Gasteiger partial charge on any atom is -0.478 e. The van der Waals surface area contributed by atoms with Crippen LogP contribution in [-0.2, 0) is 16.1 Å². The van der Waals surface area contributed by atoms with Crippen molar-refractivity contribution in [2.24, 2.45) is 0 Å². The minimum absolute atomic E-state index is 0.270. The van der Waals surface area contributed by atoms with Crippen molar-refractivity contribution in [1.29, 1.82) is 0 Å². The fourth-order valence-electron chi connectivity index (χ4n) is 2.43. The van der Waals surface area contributed by atoms with Crippen LogP contribution < -0.4 is 4.74 Å². The smallest absolute Gasteiger partial charge is 0.349 e. The molecule has 26 heavy (non-hydrogen) atoms. The highest BCUT2D eigenvalue weighted by Crippen LogP contribution is 2.35. The number of oxazole rings is 1. The number of hydrogen-bond donors (Lipinski definition) is 1. The van der Waals surface area contributed by atoms with E-state index >= 15 is 0 Å². The van der Waals surface area contributed by atoms with Gasteiger partial charge in [0.25, 0.3) is 0 Å². The van der Waals surface area contributed by atoms with Gasteiger partial charge in [-0.15, -0.1) is 0 Å². The highest BCUT2D eigenvalue weighted by molar-refractivity contribution is 6.30. The maximum Gasteiger partial charge on any atom is 0.349 e. The number of rotatable bonds is 7. The summed E-state index contributed by atoms with van der Waals surface area (Å²) in [6.45, 7) is 0.294. The second-order valence-corrected chi connectivity index (χ2v) is 5.90. The van der Waals surface area contributed by atoms with Gasteiger partial charge in [0.15, 0.2) is 0 Å². The Morgan fingerprint density at radius 3 is 2.73 bits per heavy atom. The Morgan fingerprint density at radius 1 is 1.27 bits per heavy atom. The molecule has 0 aliphatic rings. The molecule has 0 saturated carbocycles. The van der Waals surface area contributed by atoms with E-state index in [0.29, 0.717) is 34.2 Å². The first-order valence-electron chi connectivity index (χ1n) is 7.76. The topological polar surface area (TPSA) is 81.8 Å². The summed E-state index contributed by atoms with van der Waals surface area (Å²) in [5.74, 6) is -0.534. The van der Waals surface area contributed by atoms with Crippen LogP contribution >= 0.6 is 11.6 Å². The Hall–Kier alpha value is -2.83. The number of carboxylic acids is 1. The minimum atomic E-state index is -1.18. The van der Waals surface area contributed by atoms with Crippen LogP contribution in [0.25, 0.3) is 11.5 Å². The zero-order chi connectivity index (χ0) is 18.5. The maximum atomic E-state index is 11.7. The molecule has 6 nitrogen and oxygen atoms in total. The van der Waals surface area contributed by atoms with Crippen molar-refractivity contribution in [2.45, 2.75) is 12.7 Å². The molecule has 0 aliphatic heterocycles. The Morgan fingerprint density at radius 2 is 2.04 bits per heavy atom. The number of nitrogens with zero attached hydrogens (tertiary/aromatic N) is 1. The predicted octanol–water partition coefficient (Wildman–Crippen LogP) is 4.35. The fourth-order valence-corrected chi connectivity index (χ4v) is 2.60. The molecule has 0 radical (unpaired) electrons. The average Bonchev–Trinajstić information content (AvgIpc) is 3.10. The van der Waals surface area contributed by atoms with Crippen LogP contribution in [0.15, 0.2) is 59.2 Å². The lowest BCUT2D eigenvalue weighted by atomic mass is 10.1. The van der Waals surface area contributed by atoms with E-state index in [1.54, 1.807) is 55.6 Å². The largest absolute Gasteiger partial charge is 0.478 e. The number of aromatic nitrogens is 1. The van der Waals surface area contributed by atoms with E-state index in [1.807, 2.05) is 0 Å². The van der Waals surface area contributed by atoms with E-state index in [2.05, 4.69) is 4.98 Å². The predicted molar refractivity (Wildman–Crippen MR) is 95.1 cm³/mol. The van der Waals surface area contributed by atoms with Crippen LogP contribution in [0.4, 0.5) is 0 Å². The Labute approximate surface area is 155 Å². The average molecular weight is 374 g/mol. The molecule has 0 fully saturated rings. The second kappa shape index (κ2) is 8.03. The number of hydrogen-bond acceptors (Lipinski definition) is 5. The van der Waals surface area contributed by atoms with Crippen LogP contribution in [0.1, 0.15) is 17.4 Å². The summed E-state index contributed by atoms with van der Waals surface area (Å²) in [5.41, 5.74) is 1.58. The molecule has 1 atom stereocenters. The molecule has 2 aromatic carbocycles. The van der Waals surface area contributed by atoms with Crippen molar-refractivity contribution >= 4 is 17.6 Å². The number of aliphatic carboxylic acids is 1. The van der Waals surface area contributed by atoms with Crippen molar-refractivity contribution in [2.75, 3.05) is 7.11 Å². The van der Waals surface area contributed by atoms with Crippen LogP contribution in [0.5, 0.6) is 5.75 Å². The lowest BCUT2D eigenvalue weighted by Crippen LogP contribution is -2.18. The van der Waals surface area contributed by atoms with Crippen molar-refractivity contribution < 1.29 is 23.8 Å². The van der Waals surface area contributed by atoms with Gasteiger partial charge in [-0.05, 0) is 18.2 Å². The van der Waals surface area contributed by atoms with Crippen LogP contribution in [0.3, 0.4) is 0 Å². The molecule has 0 saturated heterocycles. The Balaban J connectivity index is 1.97. The number of carbonyl (C=O) groups is 1. The third-order valence-electron chi connectivity index (χ3n) is 3.59. The first-order valence-corrected chi connectivity index (χ1v) is 8.14. The summed E-state index contributed by atoms with van der Waals surface area (Å²) >= 11 is 6.08. The molecule has 0 aliphatic carbocycles. The van der Waals surface area contributed by atoms with Gasteiger partial charge in [0.05, 0.1) is 12.2 Å². The van der Waals surface area contributed by atoms with Gasteiger partial charge in [-0.25, -0.2) is 9.78 Å². The van der Waals surface area contributed by atoms with Crippen molar-refractivity contribution in [1.82, 2.24) is 4.98 Å². The van der Waals surface area contributed by atoms with Crippen molar-refractivity contribution in [3.8, 4) is 17.2 Å². The molecule has 1 heterocycles. The third kappa shape index (κ3) is 4.04. The molecule has 0 spiro atoms.